The summed E-state index contributed by atoms with van der Waals surface area (Å²) in [6.07, 6.45) is 0.379. The Labute approximate surface area is 126 Å². The molecule has 2 heterocycles. The average molecular weight is 306 g/mol. The summed E-state index contributed by atoms with van der Waals surface area (Å²) in [6, 6.07) is 1.97. The Balaban J connectivity index is 2.42. The zero-order chi connectivity index (χ0) is 15.6. The van der Waals surface area contributed by atoms with Gasteiger partial charge in [-0.25, -0.2) is 4.79 Å². The van der Waals surface area contributed by atoms with Gasteiger partial charge in [-0.05, 0) is 48.2 Å². The molecule has 1 N–H and O–H groups in total. The van der Waals surface area contributed by atoms with E-state index in [-0.39, 0.29) is 5.69 Å². The number of nitrogens with zero attached hydrogens (tertiary/aromatic N) is 2. The molecular formula is C15H18N2O3S. The fourth-order valence-corrected chi connectivity index (χ4v) is 2.94. The molecule has 0 bridgehead atoms. The van der Waals surface area contributed by atoms with Crippen LogP contribution in [-0.4, -0.2) is 20.6 Å². The van der Waals surface area contributed by atoms with E-state index < -0.39 is 11.9 Å². The lowest BCUT2D eigenvalue weighted by molar-refractivity contribution is -0.141. The van der Waals surface area contributed by atoms with Gasteiger partial charge in [0.05, 0.1) is 12.5 Å². The van der Waals surface area contributed by atoms with Crippen molar-refractivity contribution >= 4 is 17.3 Å². The molecule has 2 aromatic rings. The molecule has 1 atom stereocenters. The normalized spacial score (nSPS) is 12.3. The van der Waals surface area contributed by atoms with Crippen LogP contribution in [0.15, 0.2) is 21.6 Å². The molecule has 21 heavy (non-hydrogen) atoms. The molecule has 0 saturated heterocycles. The van der Waals surface area contributed by atoms with E-state index in [0.29, 0.717) is 18.7 Å². The van der Waals surface area contributed by atoms with Crippen LogP contribution in [0.4, 0.5) is 0 Å². The largest absolute Gasteiger partial charge is 0.481 e. The molecule has 0 aliphatic carbocycles. The van der Waals surface area contributed by atoms with Crippen LogP contribution in [-0.2, 0) is 17.8 Å². The van der Waals surface area contributed by atoms with E-state index in [9.17, 15) is 9.59 Å². The maximum absolute atomic E-state index is 12.1. The summed E-state index contributed by atoms with van der Waals surface area (Å²) in [7, 11) is 0. The van der Waals surface area contributed by atoms with Gasteiger partial charge in [-0.3, -0.25) is 9.36 Å². The van der Waals surface area contributed by atoms with E-state index in [0.717, 1.165) is 16.8 Å². The highest BCUT2D eigenvalue weighted by Crippen LogP contribution is 2.17. The van der Waals surface area contributed by atoms with Crippen molar-refractivity contribution < 1.29 is 9.90 Å². The monoisotopic (exact) mass is 306 g/mol. The molecule has 5 nitrogen and oxygen atoms in total. The lowest BCUT2D eigenvalue weighted by Gasteiger charge is -2.16. The number of rotatable bonds is 5. The van der Waals surface area contributed by atoms with Gasteiger partial charge < -0.3 is 5.11 Å². The molecule has 6 heteroatoms. The fraction of sp³-hybridized carbons (Fsp3) is 0.400. The van der Waals surface area contributed by atoms with Crippen molar-refractivity contribution in [1.82, 2.24) is 9.55 Å². The van der Waals surface area contributed by atoms with E-state index in [1.54, 1.807) is 29.8 Å². The molecule has 0 fully saturated rings. The third-order valence-corrected chi connectivity index (χ3v) is 4.36. The lowest BCUT2D eigenvalue weighted by atomic mass is 9.99. The highest BCUT2D eigenvalue weighted by atomic mass is 32.1. The molecule has 0 aromatic carbocycles. The number of carboxylic acids is 1. The summed E-state index contributed by atoms with van der Waals surface area (Å²) in [5.74, 6) is -1.35. The highest BCUT2D eigenvalue weighted by molar-refractivity contribution is 7.07. The van der Waals surface area contributed by atoms with E-state index in [1.807, 2.05) is 23.8 Å². The Kier molecular flexibility index (Phi) is 4.57. The van der Waals surface area contributed by atoms with Crippen LogP contribution in [0.25, 0.3) is 0 Å². The van der Waals surface area contributed by atoms with Gasteiger partial charge in [0, 0.05) is 11.4 Å². The summed E-state index contributed by atoms with van der Waals surface area (Å²) in [6.45, 7) is 5.74. The van der Waals surface area contributed by atoms with Gasteiger partial charge in [0.2, 0.25) is 0 Å². The zero-order valence-corrected chi connectivity index (χ0v) is 13.1. The molecule has 0 radical (unpaired) electrons. The van der Waals surface area contributed by atoms with Gasteiger partial charge in [-0.1, -0.05) is 6.92 Å². The highest BCUT2D eigenvalue weighted by Gasteiger charge is 2.18. The molecule has 2 aromatic heterocycles. The number of carboxylic acid groups (broad SMARTS) is 1. The summed E-state index contributed by atoms with van der Waals surface area (Å²) < 4.78 is 1.61. The van der Waals surface area contributed by atoms with Gasteiger partial charge in [-0.2, -0.15) is 16.3 Å². The number of hydrogen-bond acceptors (Lipinski definition) is 4. The van der Waals surface area contributed by atoms with Crippen LogP contribution >= 0.6 is 11.3 Å². The minimum Gasteiger partial charge on any atom is -0.481 e. The number of aliphatic carboxylic acids is 1. The van der Waals surface area contributed by atoms with E-state index in [2.05, 4.69) is 4.98 Å². The van der Waals surface area contributed by atoms with Crippen molar-refractivity contribution in [2.75, 3.05) is 0 Å². The van der Waals surface area contributed by atoms with Gasteiger partial charge in [0.25, 0.3) is 0 Å². The van der Waals surface area contributed by atoms with Gasteiger partial charge in [-0.15, -0.1) is 0 Å². The maximum atomic E-state index is 12.1. The topological polar surface area (TPSA) is 72.2 Å². The number of thiophene rings is 1. The number of aryl methyl sites for hydroxylation is 1. The predicted molar refractivity (Wildman–Crippen MR) is 81.9 cm³/mol. The van der Waals surface area contributed by atoms with Crippen molar-refractivity contribution in [2.24, 2.45) is 5.92 Å². The predicted octanol–water partition coefficient (Wildman–Crippen LogP) is 2.23. The second-order valence-electron chi connectivity index (χ2n) is 5.20. The molecular weight excluding hydrogens is 288 g/mol. The van der Waals surface area contributed by atoms with E-state index in [1.165, 1.54) is 0 Å². The van der Waals surface area contributed by atoms with Crippen LogP contribution in [0, 0.1) is 19.8 Å². The first-order valence-electron chi connectivity index (χ1n) is 6.71. The molecule has 0 spiro atoms. The summed E-state index contributed by atoms with van der Waals surface area (Å²) in [4.78, 5) is 27.2. The average Bonchev–Trinajstić information content (AvgIpc) is 2.92. The van der Waals surface area contributed by atoms with E-state index in [4.69, 9.17) is 5.11 Å². The number of hydrogen-bond donors (Lipinski definition) is 1. The summed E-state index contributed by atoms with van der Waals surface area (Å²) in [5.41, 5.74) is 3.02. The Bertz CT molecular complexity index is 704. The van der Waals surface area contributed by atoms with Crippen molar-refractivity contribution in [2.45, 2.75) is 33.7 Å². The summed E-state index contributed by atoms with van der Waals surface area (Å²) in [5, 5.41) is 13.0. The molecule has 2 rings (SSSR count). The number of aromatic nitrogens is 2. The lowest BCUT2D eigenvalue weighted by Crippen LogP contribution is -2.29. The van der Waals surface area contributed by atoms with Crippen molar-refractivity contribution in [3.05, 3.63) is 49.8 Å². The molecule has 0 saturated carbocycles. The van der Waals surface area contributed by atoms with Crippen LogP contribution in [0.2, 0.25) is 0 Å². The van der Waals surface area contributed by atoms with Crippen LogP contribution in [0.5, 0.6) is 0 Å². The van der Waals surface area contributed by atoms with Gasteiger partial charge in [0.15, 0.2) is 0 Å². The van der Waals surface area contributed by atoms with Crippen LogP contribution in [0.1, 0.15) is 29.4 Å². The molecule has 0 aliphatic heterocycles. The third-order valence-electron chi connectivity index (χ3n) is 3.63. The van der Waals surface area contributed by atoms with Crippen molar-refractivity contribution in [3.63, 3.8) is 0 Å². The quantitative estimate of drug-likeness (QED) is 0.919. The first-order chi connectivity index (χ1) is 9.90. The third kappa shape index (κ3) is 3.39. The number of carbonyl (C=O) groups is 1. The van der Waals surface area contributed by atoms with Crippen LogP contribution in [0.3, 0.4) is 0 Å². The Morgan fingerprint density at radius 1 is 1.48 bits per heavy atom. The maximum Gasteiger partial charge on any atom is 0.348 e. The van der Waals surface area contributed by atoms with Crippen molar-refractivity contribution in [3.8, 4) is 0 Å². The van der Waals surface area contributed by atoms with Crippen molar-refractivity contribution in [1.29, 1.82) is 0 Å². The van der Waals surface area contributed by atoms with Gasteiger partial charge in [0.1, 0.15) is 0 Å². The Morgan fingerprint density at radius 2 is 2.19 bits per heavy atom. The Morgan fingerprint density at radius 3 is 2.76 bits per heavy atom. The van der Waals surface area contributed by atoms with E-state index >= 15 is 0 Å². The first-order valence-corrected chi connectivity index (χ1v) is 7.65. The SMILES string of the molecule is Cc1nc(=O)n(Cc2ccsc2)c(C)c1CC(C)C(=O)O. The molecule has 1 unspecified atom stereocenters. The standard InChI is InChI=1S/C15H18N2O3S/c1-9(14(18)19)6-13-10(2)16-15(20)17(11(13)3)7-12-4-5-21-8-12/h4-5,8-9H,6-7H2,1-3H3,(H,18,19). The Hall–Kier alpha value is -1.95. The smallest absolute Gasteiger partial charge is 0.348 e. The van der Waals surface area contributed by atoms with Gasteiger partial charge >= 0.3 is 11.7 Å². The van der Waals surface area contributed by atoms with Crippen LogP contribution < -0.4 is 5.69 Å². The fourth-order valence-electron chi connectivity index (χ4n) is 2.28. The summed E-state index contributed by atoms with van der Waals surface area (Å²) >= 11 is 1.58. The molecule has 0 aliphatic rings. The second-order valence-corrected chi connectivity index (χ2v) is 5.98. The zero-order valence-electron chi connectivity index (χ0n) is 12.3. The second kappa shape index (κ2) is 6.22. The first kappa shape index (κ1) is 15.4. The minimum atomic E-state index is -0.843. The molecule has 0 amide bonds. The molecule has 112 valence electrons. The minimum absolute atomic E-state index is 0.289.